The molecule has 0 amide bonds. The largest absolute Gasteiger partial charge is 0.455 e. The van der Waals surface area contributed by atoms with Crippen LogP contribution in [0.2, 0.25) is 0 Å². The first-order valence-electron chi connectivity index (χ1n) is 16.7. The highest BCUT2D eigenvalue weighted by Gasteiger charge is 2.19. The Hall–Kier alpha value is -7.16. The molecule has 0 saturated heterocycles. The third-order valence-electron chi connectivity index (χ3n) is 9.20. The fourth-order valence-corrected chi connectivity index (χ4v) is 6.65. The maximum absolute atomic E-state index is 9.41. The summed E-state index contributed by atoms with van der Waals surface area (Å²) < 4.78 is 6.60. The molecule has 238 valence electrons. The van der Waals surface area contributed by atoms with Crippen molar-refractivity contribution < 1.29 is 4.42 Å². The van der Waals surface area contributed by atoms with Crippen LogP contribution in [0.25, 0.3) is 89.5 Å². The lowest BCUT2D eigenvalue weighted by Crippen LogP contribution is -2.00. The second kappa shape index (κ2) is 12.7. The van der Waals surface area contributed by atoms with Gasteiger partial charge in [0.25, 0.3) is 0 Å². The molecule has 7 aromatic carbocycles. The number of para-hydroxylation sites is 1. The maximum atomic E-state index is 9.41. The Balaban J connectivity index is 1.17. The summed E-state index contributed by atoms with van der Waals surface area (Å²) in [6, 6.07) is 59.3. The molecule has 51 heavy (non-hydrogen) atoms. The zero-order valence-electron chi connectivity index (χ0n) is 27.4. The number of benzene rings is 7. The Morgan fingerprint density at radius 2 is 0.941 bits per heavy atom. The molecule has 0 radical (unpaired) electrons. The Labute approximate surface area is 294 Å². The van der Waals surface area contributed by atoms with Crippen molar-refractivity contribution in [1.29, 1.82) is 5.26 Å². The maximum Gasteiger partial charge on any atom is 0.164 e. The fourth-order valence-electron chi connectivity index (χ4n) is 6.65. The normalized spacial score (nSPS) is 11.1. The van der Waals surface area contributed by atoms with Gasteiger partial charge in [0.2, 0.25) is 0 Å². The highest BCUT2D eigenvalue weighted by molar-refractivity contribution is 6.12. The zero-order valence-corrected chi connectivity index (χ0v) is 27.4. The number of aromatic nitrogens is 3. The van der Waals surface area contributed by atoms with E-state index < -0.39 is 0 Å². The van der Waals surface area contributed by atoms with Crippen LogP contribution in [0.4, 0.5) is 0 Å². The lowest BCUT2D eigenvalue weighted by atomic mass is 9.91. The van der Waals surface area contributed by atoms with Crippen molar-refractivity contribution >= 4 is 21.9 Å². The zero-order chi connectivity index (χ0) is 34.1. The van der Waals surface area contributed by atoms with E-state index in [0.29, 0.717) is 23.0 Å². The minimum absolute atomic E-state index is 0.604. The van der Waals surface area contributed by atoms with Gasteiger partial charge < -0.3 is 4.42 Å². The number of fused-ring (bicyclic) bond motifs is 3. The minimum Gasteiger partial charge on any atom is -0.455 e. The molecule has 0 saturated carbocycles. The van der Waals surface area contributed by atoms with E-state index in [4.69, 9.17) is 19.4 Å². The van der Waals surface area contributed by atoms with Crippen molar-refractivity contribution in [2.45, 2.75) is 0 Å². The van der Waals surface area contributed by atoms with Gasteiger partial charge in [-0.1, -0.05) is 146 Å². The molecule has 0 aliphatic heterocycles. The number of nitriles is 1. The predicted octanol–water partition coefficient (Wildman–Crippen LogP) is 11.6. The fraction of sp³-hybridized carbons (Fsp3) is 0. The third-order valence-corrected chi connectivity index (χ3v) is 9.20. The Bertz CT molecular complexity index is 2670. The van der Waals surface area contributed by atoms with Gasteiger partial charge in [-0.2, -0.15) is 5.26 Å². The SMILES string of the molecule is N#Cc1cccc(-c2ccc(-c3ccc4c(oc5ccccc54)c3-c3ccc(-c4nc(-c5ccccc5)nc(-c5ccccc5)n4)cc3)cc2)c1. The first-order chi connectivity index (χ1) is 25.2. The molecule has 0 unspecified atom stereocenters. The van der Waals surface area contributed by atoms with Crippen LogP contribution in [0.1, 0.15) is 5.56 Å². The van der Waals surface area contributed by atoms with Crippen LogP contribution in [0.3, 0.4) is 0 Å². The van der Waals surface area contributed by atoms with Crippen molar-refractivity contribution in [2.24, 2.45) is 0 Å². The first kappa shape index (κ1) is 29.9. The number of rotatable bonds is 6. The standard InChI is InChI=1S/C46H28N4O/c47-29-30-10-9-15-37(28-30)31-18-20-32(21-19-31)38-26-27-40-39-16-7-8-17-41(39)51-43(40)42(38)33-22-24-36(25-23-33)46-49-44(34-11-3-1-4-12-34)48-45(50-46)35-13-5-2-6-14-35/h1-28H. The van der Waals surface area contributed by atoms with Gasteiger partial charge in [-0.3, -0.25) is 0 Å². The number of hydrogen-bond acceptors (Lipinski definition) is 5. The van der Waals surface area contributed by atoms with Gasteiger partial charge in [0.1, 0.15) is 11.2 Å². The van der Waals surface area contributed by atoms with Crippen molar-refractivity contribution in [3.8, 4) is 73.6 Å². The molecule has 2 aromatic heterocycles. The number of furan rings is 1. The summed E-state index contributed by atoms with van der Waals surface area (Å²) in [5.74, 6) is 1.86. The average molecular weight is 653 g/mol. The molecule has 5 nitrogen and oxygen atoms in total. The molecule has 0 N–H and O–H groups in total. The van der Waals surface area contributed by atoms with Crippen molar-refractivity contribution in [2.75, 3.05) is 0 Å². The minimum atomic E-state index is 0.604. The highest BCUT2D eigenvalue weighted by Crippen LogP contribution is 2.43. The Kier molecular flexibility index (Phi) is 7.46. The molecular formula is C46H28N4O. The van der Waals surface area contributed by atoms with Gasteiger partial charge in [0.15, 0.2) is 17.5 Å². The lowest BCUT2D eigenvalue weighted by Gasteiger charge is -2.13. The smallest absolute Gasteiger partial charge is 0.164 e. The Morgan fingerprint density at radius 3 is 1.59 bits per heavy atom. The monoisotopic (exact) mass is 652 g/mol. The van der Waals surface area contributed by atoms with E-state index >= 15 is 0 Å². The molecule has 0 aliphatic rings. The third kappa shape index (κ3) is 5.61. The first-order valence-corrected chi connectivity index (χ1v) is 16.7. The Morgan fingerprint density at radius 1 is 0.412 bits per heavy atom. The summed E-state index contributed by atoms with van der Waals surface area (Å²) in [6.45, 7) is 0. The topological polar surface area (TPSA) is 75.6 Å². The summed E-state index contributed by atoms with van der Waals surface area (Å²) in [6.07, 6.45) is 0. The van der Waals surface area contributed by atoms with Gasteiger partial charge >= 0.3 is 0 Å². The van der Waals surface area contributed by atoms with Crippen LogP contribution >= 0.6 is 0 Å². The molecule has 2 heterocycles. The average Bonchev–Trinajstić information content (AvgIpc) is 3.60. The van der Waals surface area contributed by atoms with Crippen molar-refractivity contribution in [3.05, 3.63) is 175 Å². The van der Waals surface area contributed by atoms with Crippen LogP contribution in [0.15, 0.2) is 174 Å². The van der Waals surface area contributed by atoms with Crippen LogP contribution in [-0.2, 0) is 0 Å². The summed E-state index contributed by atoms with van der Waals surface area (Å²) in [5, 5.41) is 11.6. The van der Waals surface area contributed by atoms with Gasteiger partial charge in [-0.25, -0.2) is 15.0 Å². The van der Waals surface area contributed by atoms with Gasteiger partial charge in [0, 0.05) is 33.0 Å². The summed E-state index contributed by atoms with van der Waals surface area (Å²) in [4.78, 5) is 14.7. The van der Waals surface area contributed by atoms with E-state index in [0.717, 1.165) is 72.0 Å². The van der Waals surface area contributed by atoms with Gasteiger partial charge in [-0.15, -0.1) is 0 Å². The number of nitrogens with zero attached hydrogens (tertiary/aromatic N) is 4. The van der Waals surface area contributed by atoms with E-state index in [-0.39, 0.29) is 0 Å². The summed E-state index contributed by atoms with van der Waals surface area (Å²) in [7, 11) is 0. The summed E-state index contributed by atoms with van der Waals surface area (Å²) in [5.41, 5.74) is 11.3. The van der Waals surface area contributed by atoms with Crippen LogP contribution in [0, 0.1) is 11.3 Å². The molecular weight excluding hydrogens is 625 g/mol. The van der Waals surface area contributed by atoms with Crippen LogP contribution < -0.4 is 0 Å². The van der Waals surface area contributed by atoms with Crippen molar-refractivity contribution in [3.63, 3.8) is 0 Å². The molecule has 9 aromatic rings. The van der Waals surface area contributed by atoms with E-state index in [1.54, 1.807) is 0 Å². The van der Waals surface area contributed by atoms with E-state index in [1.165, 1.54) is 0 Å². The molecule has 5 heteroatoms. The van der Waals surface area contributed by atoms with E-state index in [2.05, 4.69) is 72.8 Å². The highest BCUT2D eigenvalue weighted by atomic mass is 16.3. The number of hydrogen-bond donors (Lipinski definition) is 0. The van der Waals surface area contributed by atoms with Crippen molar-refractivity contribution in [1.82, 2.24) is 15.0 Å². The lowest BCUT2D eigenvalue weighted by molar-refractivity contribution is 0.670. The van der Waals surface area contributed by atoms with Gasteiger partial charge in [0.05, 0.1) is 11.6 Å². The predicted molar refractivity (Wildman–Crippen MR) is 204 cm³/mol. The summed E-state index contributed by atoms with van der Waals surface area (Å²) >= 11 is 0. The molecule has 0 atom stereocenters. The van der Waals surface area contributed by atoms with Crippen LogP contribution in [-0.4, -0.2) is 15.0 Å². The molecule has 0 fully saturated rings. The second-order valence-electron chi connectivity index (χ2n) is 12.3. The molecule has 0 spiro atoms. The van der Waals surface area contributed by atoms with E-state index in [9.17, 15) is 5.26 Å². The molecule has 0 bridgehead atoms. The van der Waals surface area contributed by atoms with E-state index in [1.807, 2.05) is 103 Å². The molecule has 0 aliphatic carbocycles. The van der Waals surface area contributed by atoms with Gasteiger partial charge in [-0.05, 0) is 52.1 Å². The second-order valence-corrected chi connectivity index (χ2v) is 12.3. The quantitative estimate of drug-likeness (QED) is 0.179. The van der Waals surface area contributed by atoms with Crippen LogP contribution in [0.5, 0.6) is 0 Å². The molecule has 9 rings (SSSR count).